The number of primary amides is 1. The second kappa shape index (κ2) is 6.59. The maximum Gasteiger partial charge on any atom is 0.269 e. The number of nitrogens with zero attached hydrogens (tertiary/aromatic N) is 5. The zero-order valence-corrected chi connectivity index (χ0v) is 14.2. The van der Waals surface area contributed by atoms with E-state index in [1.54, 1.807) is 12.4 Å². The van der Waals surface area contributed by atoms with Gasteiger partial charge in [0.15, 0.2) is 11.3 Å². The first-order chi connectivity index (χ1) is 12.7. The van der Waals surface area contributed by atoms with Crippen LogP contribution in [-0.2, 0) is 0 Å². The monoisotopic (exact) mass is 349 g/mol. The summed E-state index contributed by atoms with van der Waals surface area (Å²) in [6.07, 6.45) is 10.4. The number of hydrogen-bond acceptors (Lipinski definition) is 5. The molecule has 1 fully saturated rings. The average Bonchev–Trinajstić information content (AvgIpc) is 3.39. The van der Waals surface area contributed by atoms with Crippen LogP contribution in [0.4, 0.5) is 0 Å². The lowest BCUT2D eigenvalue weighted by Gasteiger charge is -2.21. The molecule has 132 valence electrons. The average molecular weight is 349 g/mol. The number of H-pyrrole nitrogens is 1. The smallest absolute Gasteiger partial charge is 0.269 e. The molecule has 0 unspecified atom stereocenters. The Bertz CT molecular complexity index is 991. The van der Waals surface area contributed by atoms with E-state index in [0.29, 0.717) is 23.5 Å². The molecule has 1 atom stereocenters. The van der Waals surface area contributed by atoms with Gasteiger partial charge < -0.3 is 10.7 Å². The fourth-order valence-corrected chi connectivity index (χ4v) is 3.95. The SMILES string of the molecule is N#CC[C@@H](C1CCCC1)n1cc(-c2c(C(N)=O)nnc3[nH]ccc23)cn1. The maximum atomic E-state index is 11.9. The number of aromatic nitrogens is 5. The van der Waals surface area contributed by atoms with E-state index in [1.807, 2.05) is 16.9 Å². The molecule has 26 heavy (non-hydrogen) atoms. The Morgan fingerprint density at radius 1 is 1.42 bits per heavy atom. The molecule has 3 aromatic rings. The molecule has 1 saturated carbocycles. The Labute approximate surface area is 150 Å². The van der Waals surface area contributed by atoms with Gasteiger partial charge in [0, 0.05) is 28.9 Å². The molecule has 0 aromatic carbocycles. The van der Waals surface area contributed by atoms with Crippen molar-refractivity contribution in [2.45, 2.75) is 38.1 Å². The van der Waals surface area contributed by atoms with E-state index in [2.05, 4.69) is 26.3 Å². The van der Waals surface area contributed by atoms with Crippen molar-refractivity contribution in [3.05, 3.63) is 30.4 Å². The van der Waals surface area contributed by atoms with Crippen molar-refractivity contribution in [2.24, 2.45) is 11.7 Å². The Morgan fingerprint density at radius 2 is 2.23 bits per heavy atom. The van der Waals surface area contributed by atoms with Gasteiger partial charge in [-0.3, -0.25) is 9.48 Å². The number of nitriles is 1. The molecule has 8 nitrogen and oxygen atoms in total. The van der Waals surface area contributed by atoms with Crippen molar-refractivity contribution < 1.29 is 4.79 Å². The number of nitrogens with one attached hydrogen (secondary N) is 1. The molecule has 0 spiro atoms. The van der Waals surface area contributed by atoms with Crippen LogP contribution < -0.4 is 5.73 Å². The largest absolute Gasteiger partial charge is 0.364 e. The van der Waals surface area contributed by atoms with Crippen LogP contribution in [0.1, 0.15) is 48.6 Å². The van der Waals surface area contributed by atoms with Crippen molar-refractivity contribution >= 4 is 16.9 Å². The van der Waals surface area contributed by atoms with Gasteiger partial charge in [0.2, 0.25) is 0 Å². The second-order valence-electron chi connectivity index (χ2n) is 6.71. The molecular weight excluding hydrogens is 330 g/mol. The molecule has 3 aromatic heterocycles. The number of amides is 1. The Morgan fingerprint density at radius 3 is 2.96 bits per heavy atom. The fraction of sp³-hybridized carbons (Fsp3) is 0.389. The van der Waals surface area contributed by atoms with Crippen molar-refractivity contribution in [3.8, 4) is 17.2 Å². The van der Waals surface area contributed by atoms with Gasteiger partial charge in [-0.15, -0.1) is 10.2 Å². The zero-order chi connectivity index (χ0) is 18.1. The molecule has 1 aliphatic rings. The number of nitrogens with two attached hydrogens (primary N) is 1. The highest BCUT2D eigenvalue weighted by Gasteiger charge is 2.28. The topological polar surface area (TPSA) is 126 Å². The van der Waals surface area contributed by atoms with E-state index in [9.17, 15) is 10.1 Å². The van der Waals surface area contributed by atoms with Crippen LogP contribution in [0.15, 0.2) is 24.7 Å². The number of carbonyl (C=O) groups excluding carboxylic acids is 1. The molecule has 3 N–H and O–H groups in total. The standard InChI is InChI=1S/C18H19N7O/c19-7-5-14(11-3-1-2-4-11)25-10-12(9-22-25)15-13-6-8-21-18(13)24-23-16(15)17(20)26/h6,8-11,14H,1-5H2,(H2,20,26)(H,21,24)/t14-/m0/s1. The van der Waals surface area contributed by atoms with Crippen LogP contribution in [-0.4, -0.2) is 30.9 Å². The first-order valence-electron chi connectivity index (χ1n) is 8.74. The van der Waals surface area contributed by atoms with Gasteiger partial charge in [-0.25, -0.2) is 0 Å². The van der Waals surface area contributed by atoms with E-state index in [-0.39, 0.29) is 11.7 Å². The molecule has 0 aliphatic heterocycles. The highest BCUT2D eigenvalue weighted by Crippen LogP contribution is 2.37. The van der Waals surface area contributed by atoms with Crippen LogP contribution in [0.5, 0.6) is 0 Å². The van der Waals surface area contributed by atoms with Gasteiger partial charge in [0.25, 0.3) is 5.91 Å². The molecule has 8 heteroatoms. The van der Waals surface area contributed by atoms with Crippen LogP contribution >= 0.6 is 0 Å². The minimum atomic E-state index is -0.632. The maximum absolute atomic E-state index is 11.9. The van der Waals surface area contributed by atoms with E-state index in [1.165, 1.54) is 12.8 Å². The summed E-state index contributed by atoms with van der Waals surface area (Å²) in [5.74, 6) is -0.173. The molecule has 4 rings (SSSR count). The van der Waals surface area contributed by atoms with Gasteiger partial charge in [-0.1, -0.05) is 12.8 Å². The number of aromatic amines is 1. The summed E-state index contributed by atoms with van der Waals surface area (Å²) in [6, 6.07) is 4.17. The minimum Gasteiger partial charge on any atom is -0.364 e. The molecule has 1 amide bonds. The predicted molar refractivity (Wildman–Crippen MR) is 94.9 cm³/mol. The van der Waals surface area contributed by atoms with Crippen molar-refractivity contribution in [1.82, 2.24) is 25.0 Å². The molecule has 3 heterocycles. The number of hydrogen-bond donors (Lipinski definition) is 2. The lowest BCUT2D eigenvalue weighted by atomic mass is 9.96. The highest BCUT2D eigenvalue weighted by atomic mass is 16.1. The molecule has 0 radical (unpaired) electrons. The molecular formula is C18H19N7O. The summed E-state index contributed by atoms with van der Waals surface area (Å²) in [4.78, 5) is 14.8. The summed E-state index contributed by atoms with van der Waals surface area (Å²) in [5.41, 5.74) is 7.58. The lowest BCUT2D eigenvalue weighted by Crippen LogP contribution is -2.17. The first-order valence-corrected chi connectivity index (χ1v) is 8.74. The normalized spacial score (nSPS) is 16.0. The van der Waals surface area contributed by atoms with E-state index in [0.717, 1.165) is 23.8 Å². The summed E-state index contributed by atoms with van der Waals surface area (Å²) in [5, 5.41) is 22.5. The Hall–Kier alpha value is -3.21. The fourth-order valence-electron chi connectivity index (χ4n) is 3.95. The summed E-state index contributed by atoms with van der Waals surface area (Å²) >= 11 is 0. The zero-order valence-electron chi connectivity index (χ0n) is 14.2. The minimum absolute atomic E-state index is 0.0461. The lowest BCUT2D eigenvalue weighted by molar-refractivity contribution is 0.0995. The van der Waals surface area contributed by atoms with E-state index >= 15 is 0 Å². The summed E-state index contributed by atoms with van der Waals surface area (Å²) in [6.45, 7) is 0. The van der Waals surface area contributed by atoms with Gasteiger partial charge >= 0.3 is 0 Å². The number of carbonyl (C=O) groups is 1. The van der Waals surface area contributed by atoms with Crippen LogP contribution in [0.3, 0.4) is 0 Å². The van der Waals surface area contributed by atoms with Gasteiger partial charge in [0.1, 0.15) is 0 Å². The Balaban J connectivity index is 1.79. The van der Waals surface area contributed by atoms with Gasteiger partial charge in [-0.05, 0) is 24.8 Å². The third-order valence-electron chi connectivity index (χ3n) is 5.19. The number of rotatable bonds is 5. The molecule has 1 aliphatic carbocycles. The van der Waals surface area contributed by atoms with Crippen molar-refractivity contribution in [2.75, 3.05) is 0 Å². The number of fused-ring (bicyclic) bond motifs is 1. The van der Waals surface area contributed by atoms with Crippen molar-refractivity contribution in [3.63, 3.8) is 0 Å². The van der Waals surface area contributed by atoms with Gasteiger partial charge in [0.05, 0.1) is 24.7 Å². The highest BCUT2D eigenvalue weighted by molar-refractivity contribution is 6.05. The summed E-state index contributed by atoms with van der Waals surface area (Å²) < 4.78 is 1.86. The molecule has 0 saturated heterocycles. The Kier molecular flexibility index (Phi) is 4.13. The first kappa shape index (κ1) is 16.3. The van der Waals surface area contributed by atoms with E-state index < -0.39 is 5.91 Å². The summed E-state index contributed by atoms with van der Waals surface area (Å²) in [7, 11) is 0. The van der Waals surface area contributed by atoms with Gasteiger partial charge in [-0.2, -0.15) is 10.4 Å². The molecule has 0 bridgehead atoms. The van der Waals surface area contributed by atoms with E-state index in [4.69, 9.17) is 5.73 Å². The van der Waals surface area contributed by atoms with Crippen LogP contribution in [0.25, 0.3) is 22.2 Å². The predicted octanol–water partition coefficient (Wildman–Crippen LogP) is 2.57. The quantitative estimate of drug-likeness (QED) is 0.732. The third kappa shape index (κ3) is 2.71. The van der Waals surface area contributed by atoms with Crippen molar-refractivity contribution in [1.29, 1.82) is 5.26 Å². The van der Waals surface area contributed by atoms with Crippen LogP contribution in [0.2, 0.25) is 0 Å². The third-order valence-corrected chi connectivity index (χ3v) is 5.19. The second-order valence-corrected chi connectivity index (χ2v) is 6.71. The van der Waals surface area contributed by atoms with Crippen LogP contribution in [0, 0.1) is 17.2 Å².